The highest BCUT2D eigenvalue weighted by atomic mass is 79.9. The van der Waals surface area contributed by atoms with Crippen LogP contribution < -0.4 is 5.73 Å². The van der Waals surface area contributed by atoms with E-state index in [-0.39, 0.29) is 5.82 Å². The third kappa shape index (κ3) is 3.70. The van der Waals surface area contributed by atoms with Gasteiger partial charge < -0.3 is 5.73 Å². The number of halogens is 2. The van der Waals surface area contributed by atoms with Crippen molar-refractivity contribution in [2.24, 2.45) is 5.73 Å². The quantitative estimate of drug-likeness (QED) is 0.869. The van der Waals surface area contributed by atoms with E-state index in [1.807, 2.05) is 18.2 Å². The lowest BCUT2D eigenvalue weighted by atomic mass is 10.2. The Labute approximate surface area is 85.6 Å². The molecule has 0 unspecified atom stereocenters. The van der Waals surface area contributed by atoms with Crippen molar-refractivity contribution in [2.45, 2.75) is 6.42 Å². The van der Waals surface area contributed by atoms with Gasteiger partial charge in [0.15, 0.2) is 0 Å². The first-order valence-electron chi connectivity index (χ1n) is 4.05. The van der Waals surface area contributed by atoms with Crippen LogP contribution in [0.1, 0.15) is 12.0 Å². The Morgan fingerprint density at radius 3 is 2.77 bits per heavy atom. The minimum absolute atomic E-state index is 0.234. The molecule has 1 aromatic carbocycles. The summed E-state index contributed by atoms with van der Waals surface area (Å²) < 4.78 is 13.6. The molecule has 0 fully saturated rings. The minimum Gasteiger partial charge on any atom is -0.330 e. The summed E-state index contributed by atoms with van der Waals surface area (Å²) in [6, 6.07) is 4.77. The van der Waals surface area contributed by atoms with Gasteiger partial charge in [-0.1, -0.05) is 28.1 Å². The number of rotatable bonds is 3. The van der Waals surface area contributed by atoms with Gasteiger partial charge in [0, 0.05) is 4.47 Å². The fourth-order valence-electron chi connectivity index (χ4n) is 0.987. The summed E-state index contributed by atoms with van der Waals surface area (Å²) in [5, 5.41) is 0. The highest BCUT2D eigenvalue weighted by molar-refractivity contribution is 9.10. The zero-order valence-corrected chi connectivity index (χ0v) is 8.72. The molecule has 0 radical (unpaired) electrons. The van der Waals surface area contributed by atoms with Crippen LogP contribution in [0.4, 0.5) is 4.39 Å². The molecule has 3 heteroatoms. The molecule has 2 N–H and O–H groups in total. The number of hydrogen-bond acceptors (Lipinski definition) is 1. The highest BCUT2D eigenvalue weighted by Gasteiger charge is 1.94. The van der Waals surface area contributed by atoms with Crippen molar-refractivity contribution in [3.8, 4) is 0 Å². The summed E-state index contributed by atoms with van der Waals surface area (Å²) in [5.41, 5.74) is 6.17. The maximum atomic E-state index is 12.8. The Kier molecular flexibility index (Phi) is 4.12. The van der Waals surface area contributed by atoms with Crippen molar-refractivity contribution in [1.29, 1.82) is 0 Å². The van der Waals surface area contributed by atoms with Crippen molar-refractivity contribution in [1.82, 2.24) is 0 Å². The van der Waals surface area contributed by atoms with Gasteiger partial charge in [0.2, 0.25) is 0 Å². The molecule has 0 aliphatic heterocycles. The van der Waals surface area contributed by atoms with Gasteiger partial charge in [-0.2, -0.15) is 0 Å². The molecule has 0 aromatic heterocycles. The van der Waals surface area contributed by atoms with Gasteiger partial charge in [-0.25, -0.2) is 4.39 Å². The molecule has 1 aromatic rings. The molecule has 0 spiro atoms. The van der Waals surface area contributed by atoms with E-state index in [4.69, 9.17) is 5.73 Å². The van der Waals surface area contributed by atoms with Crippen LogP contribution in [0, 0.1) is 5.82 Å². The van der Waals surface area contributed by atoms with Gasteiger partial charge in [0.05, 0.1) is 0 Å². The summed E-state index contributed by atoms with van der Waals surface area (Å²) in [4.78, 5) is 0. The predicted octanol–water partition coefficient (Wildman–Crippen LogP) is 2.95. The van der Waals surface area contributed by atoms with Crippen LogP contribution in [0.25, 0.3) is 6.08 Å². The summed E-state index contributed by atoms with van der Waals surface area (Å²) in [6.45, 7) is 0.618. The molecule has 0 bridgehead atoms. The first-order chi connectivity index (χ1) is 6.22. The van der Waals surface area contributed by atoms with Gasteiger partial charge in [0.25, 0.3) is 0 Å². The lowest BCUT2D eigenvalue weighted by molar-refractivity contribution is 0.626. The molecule has 1 rings (SSSR count). The van der Waals surface area contributed by atoms with E-state index in [2.05, 4.69) is 15.9 Å². The van der Waals surface area contributed by atoms with Gasteiger partial charge in [0.1, 0.15) is 5.82 Å². The molecule has 13 heavy (non-hydrogen) atoms. The molecule has 0 atom stereocenters. The normalized spacial score (nSPS) is 11.0. The maximum absolute atomic E-state index is 12.8. The lowest BCUT2D eigenvalue weighted by Crippen LogP contribution is -1.94. The molecule has 0 saturated heterocycles. The van der Waals surface area contributed by atoms with Crippen LogP contribution in [-0.2, 0) is 0 Å². The summed E-state index contributed by atoms with van der Waals surface area (Å²) in [5.74, 6) is -0.234. The van der Waals surface area contributed by atoms with Crippen LogP contribution in [0.5, 0.6) is 0 Å². The molecule has 0 aliphatic rings. The van der Waals surface area contributed by atoms with Crippen molar-refractivity contribution >= 4 is 22.0 Å². The van der Waals surface area contributed by atoms with Gasteiger partial charge in [-0.15, -0.1) is 0 Å². The Bertz CT molecular complexity index is 290. The molecule has 70 valence electrons. The van der Waals surface area contributed by atoms with Crippen molar-refractivity contribution in [3.05, 3.63) is 40.1 Å². The van der Waals surface area contributed by atoms with Crippen LogP contribution in [0.15, 0.2) is 28.7 Å². The molecular weight excluding hydrogens is 233 g/mol. The Morgan fingerprint density at radius 1 is 1.38 bits per heavy atom. The van der Waals surface area contributed by atoms with E-state index < -0.39 is 0 Å². The van der Waals surface area contributed by atoms with E-state index in [9.17, 15) is 4.39 Å². The summed E-state index contributed by atoms with van der Waals surface area (Å²) >= 11 is 3.22. The first kappa shape index (κ1) is 10.4. The minimum atomic E-state index is -0.234. The highest BCUT2D eigenvalue weighted by Crippen LogP contribution is 2.15. The van der Waals surface area contributed by atoms with Crippen LogP contribution in [0.2, 0.25) is 0 Å². The SMILES string of the molecule is NCCC=Cc1cc(F)cc(Br)c1. The van der Waals surface area contributed by atoms with Crippen molar-refractivity contribution in [3.63, 3.8) is 0 Å². The van der Waals surface area contributed by atoms with Gasteiger partial charge in [-0.3, -0.25) is 0 Å². The molecule has 0 heterocycles. The maximum Gasteiger partial charge on any atom is 0.124 e. The lowest BCUT2D eigenvalue weighted by Gasteiger charge is -1.95. The average Bonchev–Trinajstić information content (AvgIpc) is 2.03. The Hall–Kier alpha value is -0.670. The molecule has 0 aliphatic carbocycles. The van der Waals surface area contributed by atoms with E-state index in [1.165, 1.54) is 12.1 Å². The standard InChI is InChI=1S/C10H11BrFN/c11-9-5-8(3-1-2-4-13)6-10(12)7-9/h1,3,5-7H,2,4,13H2. The number of hydrogen-bond donors (Lipinski definition) is 1. The van der Waals surface area contributed by atoms with Gasteiger partial charge in [-0.05, 0) is 36.7 Å². The zero-order chi connectivity index (χ0) is 9.68. The Balaban J connectivity index is 2.77. The van der Waals surface area contributed by atoms with Crippen LogP contribution in [0.3, 0.4) is 0 Å². The third-order valence-corrected chi connectivity index (χ3v) is 1.99. The van der Waals surface area contributed by atoms with Crippen LogP contribution >= 0.6 is 15.9 Å². The zero-order valence-electron chi connectivity index (χ0n) is 7.13. The van der Waals surface area contributed by atoms with Crippen molar-refractivity contribution in [2.75, 3.05) is 6.54 Å². The predicted molar refractivity (Wildman–Crippen MR) is 56.8 cm³/mol. The van der Waals surface area contributed by atoms with E-state index in [1.54, 1.807) is 0 Å². The molecule has 0 amide bonds. The first-order valence-corrected chi connectivity index (χ1v) is 4.84. The monoisotopic (exact) mass is 243 g/mol. The Morgan fingerprint density at radius 2 is 2.15 bits per heavy atom. The molecule has 1 nitrogen and oxygen atoms in total. The van der Waals surface area contributed by atoms with Gasteiger partial charge >= 0.3 is 0 Å². The average molecular weight is 244 g/mol. The number of nitrogens with two attached hydrogens (primary N) is 1. The number of benzene rings is 1. The molecule has 0 saturated carbocycles. The summed E-state index contributed by atoms with van der Waals surface area (Å²) in [7, 11) is 0. The van der Waals surface area contributed by atoms with Crippen molar-refractivity contribution < 1.29 is 4.39 Å². The largest absolute Gasteiger partial charge is 0.330 e. The second-order valence-electron chi connectivity index (χ2n) is 2.68. The van der Waals surface area contributed by atoms with E-state index in [0.29, 0.717) is 6.54 Å². The molecular formula is C10H11BrFN. The second-order valence-corrected chi connectivity index (χ2v) is 3.60. The van der Waals surface area contributed by atoms with Crippen LogP contribution in [-0.4, -0.2) is 6.54 Å². The summed E-state index contributed by atoms with van der Waals surface area (Å²) in [6.07, 6.45) is 4.61. The van der Waals surface area contributed by atoms with E-state index in [0.717, 1.165) is 16.5 Å². The second kappa shape index (κ2) is 5.14. The smallest absolute Gasteiger partial charge is 0.124 e. The third-order valence-electron chi connectivity index (χ3n) is 1.53. The fourth-order valence-corrected chi connectivity index (χ4v) is 1.47. The fraction of sp³-hybridized carbons (Fsp3) is 0.200. The topological polar surface area (TPSA) is 26.0 Å². The van der Waals surface area contributed by atoms with E-state index >= 15 is 0 Å².